The fraction of sp³-hybridized carbons (Fsp3) is 0.600. The van der Waals surface area contributed by atoms with Crippen LogP contribution in [0.1, 0.15) is 31.4 Å². The van der Waals surface area contributed by atoms with E-state index in [9.17, 15) is 0 Å². The first-order chi connectivity index (χ1) is 8.74. The highest BCUT2D eigenvalue weighted by Gasteiger charge is 2.15. The lowest BCUT2D eigenvalue weighted by Crippen LogP contribution is -2.21. The molecule has 3 heteroatoms. The largest absolute Gasteiger partial charge is 0.379 e. The van der Waals surface area contributed by atoms with E-state index in [1.54, 1.807) is 0 Å². The van der Waals surface area contributed by atoms with Crippen molar-refractivity contribution >= 4 is 0 Å². The molecule has 1 atom stereocenters. The van der Waals surface area contributed by atoms with Crippen molar-refractivity contribution in [1.29, 1.82) is 0 Å². The molecule has 1 aliphatic rings. The Morgan fingerprint density at radius 2 is 2.00 bits per heavy atom. The monoisotopic (exact) mass is 249 g/mol. The maximum atomic E-state index is 5.79. The highest BCUT2D eigenvalue weighted by atomic mass is 16.5. The van der Waals surface area contributed by atoms with E-state index < -0.39 is 0 Å². The molecule has 1 heterocycles. The van der Waals surface area contributed by atoms with Crippen LogP contribution in [0.3, 0.4) is 0 Å². The fourth-order valence-corrected chi connectivity index (χ4v) is 1.93. The summed E-state index contributed by atoms with van der Waals surface area (Å²) in [5.41, 5.74) is 2.55. The third kappa shape index (κ3) is 4.41. The second kappa shape index (κ2) is 6.88. The summed E-state index contributed by atoms with van der Waals surface area (Å²) in [4.78, 5) is 0. The molecule has 1 aromatic carbocycles. The van der Waals surface area contributed by atoms with E-state index in [2.05, 4.69) is 43.4 Å². The SMILES string of the molecule is CC(C)NCc1ccc(COC2CCOC2)cc1. The number of hydrogen-bond donors (Lipinski definition) is 1. The molecule has 0 saturated carbocycles. The zero-order valence-electron chi connectivity index (χ0n) is 11.3. The Hall–Kier alpha value is -0.900. The molecule has 3 nitrogen and oxygen atoms in total. The Labute approximate surface area is 109 Å². The molecule has 1 saturated heterocycles. The van der Waals surface area contributed by atoms with Crippen LogP contribution in [0.15, 0.2) is 24.3 Å². The summed E-state index contributed by atoms with van der Waals surface area (Å²) in [6.07, 6.45) is 1.31. The zero-order chi connectivity index (χ0) is 12.8. The minimum atomic E-state index is 0.285. The smallest absolute Gasteiger partial charge is 0.0834 e. The third-order valence-electron chi connectivity index (χ3n) is 3.11. The first kappa shape index (κ1) is 13.5. The Morgan fingerprint density at radius 3 is 2.61 bits per heavy atom. The van der Waals surface area contributed by atoms with Crippen LogP contribution in [0.2, 0.25) is 0 Å². The van der Waals surface area contributed by atoms with Crippen molar-refractivity contribution in [3.63, 3.8) is 0 Å². The van der Waals surface area contributed by atoms with Crippen LogP contribution in [-0.4, -0.2) is 25.4 Å². The van der Waals surface area contributed by atoms with Gasteiger partial charge in [0.15, 0.2) is 0 Å². The van der Waals surface area contributed by atoms with Crippen molar-refractivity contribution in [3.8, 4) is 0 Å². The second-order valence-electron chi connectivity index (χ2n) is 5.15. The van der Waals surface area contributed by atoms with Crippen LogP contribution < -0.4 is 5.32 Å². The average molecular weight is 249 g/mol. The molecule has 0 amide bonds. The van der Waals surface area contributed by atoms with Gasteiger partial charge in [-0.3, -0.25) is 0 Å². The molecule has 0 radical (unpaired) electrons. The zero-order valence-corrected chi connectivity index (χ0v) is 11.3. The predicted molar refractivity (Wildman–Crippen MR) is 72.4 cm³/mol. The fourth-order valence-electron chi connectivity index (χ4n) is 1.93. The van der Waals surface area contributed by atoms with Crippen molar-refractivity contribution in [3.05, 3.63) is 35.4 Å². The first-order valence-electron chi connectivity index (χ1n) is 6.74. The number of hydrogen-bond acceptors (Lipinski definition) is 3. The van der Waals surface area contributed by atoms with Gasteiger partial charge in [0.1, 0.15) is 0 Å². The molecule has 0 aliphatic carbocycles. The van der Waals surface area contributed by atoms with Crippen molar-refractivity contribution in [2.45, 2.75) is 45.6 Å². The van der Waals surface area contributed by atoms with Gasteiger partial charge in [-0.05, 0) is 17.5 Å². The summed E-state index contributed by atoms with van der Waals surface area (Å²) in [6.45, 7) is 7.51. The van der Waals surface area contributed by atoms with Gasteiger partial charge in [0.05, 0.1) is 19.3 Å². The number of benzene rings is 1. The van der Waals surface area contributed by atoms with Gasteiger partial charge in [-0.1, -0.05) is 38.1 Å². The van der Waals surface area contributed by atoms with Gasteiger partial charge in [-0.15, -0.1) is 0 Å². The maximum absolute atomic E-state index is 5.79. The molecule has 1 N–H and O–H groups in total. The first-order valence-corrected chi connectivity index (χ1v) is 6.74. The Balaban J connectivity index is 1.76. The van der Waals surface area contributed by atoms with Gasteiger partial charge in [-0.25, -0.2) is 0 Å². The number of ether oxygens (including phenoxy) is 2. The Bertz CT molecular complexity index is 342. The molecule has 100 valence electrons. The molecule has 0 spiro atoms. The van der Waals surface area contributed by atoms with E-state index in [0.717, 1.165) is 26.2 Å². The summed E-state index contributed by atoms with van der Waals surface area (Å²) in [5.74, 6) is 0. The minimum Gasteiger partial charge on any atom is -0.379 e. The molecular weight excluding hydrogens is 226 g/mol. The van der Waals surface area contributed by atoms with Crippen molar-refractivity contribution in [1.82, 2.24) is 5.32 Å². The van der Waals surface area contributed by atoms with E-state index in [-0.39, 0.29) is 6.10 Å². The van der Waals surface area contributed by atoms with E-state index in [4.69, 9.17) is 9.47 Å². The highest BCUT2D eigenvalue weighted by Crippen LogP contribution is 2.12. The number of nitrogens with one attached hydrogen (secondary N) is 1. The molecule has 1 aliphatic heterocycles. The summed E-state index contributed by atoms with van der Waals surface area (Å²) in [5, 5.41) is 3.41. The van der Waals surface area contributed by atoms with Crippen LogP contribution in [-0.2, 0) is 22.6 Å². The standard InChI is InChI=1S/C15H23NO2/c1-12(2)16-9-13-3-5-14(6-4-13)10-18-15-7-8-17-11-15/h3-6,12,15-16H,7-11H2,1-2H3. The van der Waals surface area contributed by atoms with Gasteiger partial charge in [0.2, 0.25) is 0 Å². The van der Waals surface area contributed by atoms with Gasteiger partial charge < -0.3 is 14.8 Å². The average Bonchev–Trinajstić information content (AvgIpc) is 2.88. The third-order valence-corrected chi connectivity index (χ3v) is 3.11. The lowest BCUT2D eigenvalue weighted by molar-refractivity contribution is 0.0317. The molecule has 1 aromatic rings. The predicted octanol–water partition coefficient (Wildman–Crippen LogP) is 2.49. The van der Waals surface area contributed by atoms with Gasteiger partial charge in [0.25, 0.3) is 0 Å². The van der Waals surface area contributed by atoms with Crippen LogP contribution in [0, 0.1) is 0 Å². The van der Waals surface area contributed by atoms with Crippen molar-refractivity contribution in [2.24, 2.45) is 0 Å². The van der Waals surface area contributed by atoms with Gasteiger partial charge >= 0.3 is 0 Å². The summed E-state index contributed by atoms with van der Waals surface area (Å²) < 4.78 is 11.1. The van der Waals surface area contributed by atoms with E-state index in [1.807, 2.05) is 0 Å². The molecule has 0 bridgehead atoms. The molecular formula is C15H23NO2. The van der Waals surface area contributed by atoms with E-state index >= 15 is 0 Å². The lowest BCUT2D eigenvalue weighted by atomic mass is 10.1. The normalized spacial score (nSPS) is 19.6. The van der Waals surface area contributed by atoms with Gasteiger partial charge in [0, 0.05) is 19.2 Å². The molecule has 2 rings (SSSR count). The summed E-state index contributed by atoms with van der Waals surface area (Å²) in [7, 11) is 0. The quantitative estimate of drug-likeness (QED) is 0.840. The van der Waals surface area contributed by atoms with Crippen molar-refractivity contribution in [2.75, 3.05) is 13.2 Å². The number of rotatable bonds is 6. The minimum absolute atomic E-state index is 0.285. The molecule has 18 heavy (non-hydrogen) atoms. The van der Waals surface area contributed by atoms with Crippen LogP contribution >= 0.6 is 0 Å². The Morgan fingerprint density at radius 1 is 1.28 bits per heavy atom. The topological polar surface area (TPSA) is 30.5 Å². The maximum Gasteiger partial charge on any atom is 0.0834 e. The van der Waals surface area contributed by atoms with E-state index in [1.165, 1.54) is 11.1 Å². The Kier molecular flexibility index (Phi) is 5.17. The molecule has 1 fully saturated rings. The summed E-state index contributed by atoms with van der Waals surface area (Å²) >= 11 is 0. The van der Waals surface area contributed by atoms with Crippen LogP contribution in [0.25, 0.3) is 0 Å². The highest BCUT2D eigenvalue weighted by molar-refractivity contribution is 5.22. The van der Waals surface area contributed by atoms with Gasteiger partial charge in [-0.2, -0.15) is 0 Å². The van der Waals surface area contributed by atoms with Crippen LogP contribution in [0.5, 0.6) is 0 Å². The second-order valence-corrected chi connectivity index (χ2v) is 5.15. The van der Waals surface area contributed by atoms with E-state index in [0.29, 0.717) is 12.6 Å². The molecule has 1 unspecified atom stereocenters. The molecule has 0 aromatic heterocycles. The van der Waals surface area contributed by atoms with Crippen LogP contribution in [0.4, 0.5) is 0 Å². The van der Waals surface area contributed by atoms with Crippen molar-refractivity contribution < 1.29 is 9.47 Å². The lowest BCUT2D eigenvalue weighted by Gasteiger charge is -2.11. The summed E-state index contributed by atoms with van der Waals surface area (Å²) in [6, 6.07) is 9.15.